The molecule has 3 N–H and O–H groups in total. The predicted molar refractivity (Wildman–Crippen MR) is 107 cm³/mol. The summed E-state index contributed by atoms with van der Waals surface area (Å²) in [6.45, 7) is 4.91. The molecule has 4 rings (SSSR count). The van der Waals surface area contributed by atoms with E-state index in [1.54, 1.807) is 12.4 Å². The van der Waals surface area contributed by atoms with Gasteiger partial charge < -0.3 is 20.7 Å². The molecule has 2 aliphatic rings. The number of aromatic nitrogens is 1. The van der Waals surface area contributed by atoms with Crippen LogP contribution < -0.4 is 16.0 Å². The molecule has 1 aromatic heterocycles. The highest BCUT2D eigenvalue weighted by Gasteiger charge is 2.32. The van der Waals surface area contributed by atoms with E-state index >= 15 is 0 Å². The second kappa shape index (κ2) is 7.63. The van der Waals surface area contributed by atoms with Crippen molar-refractivity contribution in [2.75, 3.05) is 36.5 Å². The Bertz CT molecular complexity index is 829. The van der Waals surface area contributed by atoms with Gasteiger partial charge in [-0.15, -0.1) is 0 Å². The Morgan fingerprint density at radius 1 is 1.15 bits per heavy atom. The first-order valence-electron chi connectivity index (χ1n) is 8.98. The van der Waals surface area contributed by atoms with Crippen LogP contribution in [0.3, 0.4) is 0 Å². The van der Waals surface area contributed by atoms with Crippen molar-refractivity contribution < 1.29 is 4.74 Å². The summed E-state index contributed by atoms with van der Waals surface area (Å²) >= 11 is 0. The second-order valence-electron chi connectivity index (χ2n) is 6.46. The van der Waals surface area contributed by atoms with E-state index in [9.17, 15) is 0 Å². The maximum Gasteiger partial charge on any atom is 0.222 e. The van der Waals surface area contributed by atoms with Gasteiger partial charge in [0.05, 0.1) is 25.1 Å². The summed E-state index contributed by atoms with van der Waals surface area (Å²) in [5.41, 5.74) is 9.11. The molecule has 0 spiro atoms. The number of aliphatic imine (C=N–C) groups is 2. The summed E-state index contributed by atoms with van der Waals surface area (Å²) in [6, 6.07) is 12.1. The van der Waals surface area contributed by atoms with Gasteiger partial charge in [-0.3, -0.25) is 9.88 Å². The van der Waals surface area contributed by atoms with Crippen LogP contribution in [0.25, 0.3) is 0 Å². The molecular formula is C19H23N7O. The Kier molecular flexibility index (Phi) is 4.88. The summed E-state index contributed by atoms with van der Waals surface area (Å²) in [6.07, 6.45) is 3.08. The smallest absolute Gasteiger partial charge is 0.222 e. The van der Waals surface area contributed by atoms with Gasteiger partial charge in [0, 0.05) is 25.0 Å². The van der Waals surface area contributed by atoms with E-state index in [-0.39, 0.29) is 5.96 Å². The molecule has 0 radical (unpaired) electrons. The lowest BCUT2D eigenvalue weighted by atomic mass is 10.2. The van der Waals surface area contributed by atoms with Crippen LogP contribution in [0.5, 0.6) is 0 Å². The van der Waals surface area contributed by atoms with Crippen molar-refractivity contribution in [1.29, 1.82) is 0 Å². The molecule has 1 aromatic carbocycles. The van der Waals surface area contributed by atoms with Crippen molar-refractivity contribution in [2.45, 2.75) is 13.2 Å². The lowest BCUT2D eigenvalue weighted by Crippen LogP contribution is -2.57. The molecule has 8 heteroatoms. The van der Waals surface area contributed by atoms with E-state index in [0.717, 1.165) is 30.4 Å². The fourth-order valence-corrected chi connectivity index (χ4v) is 3.12. The number of anilines is 2. The summed E-state index contributed by atoms with van der Waals surface area (Å²) in [5, 5.41) is 3.40. The third-order valence-corrected chi connectivity index (χ3v) is 4.49. The molecule has 1 saturated heterocycles. The topological polar surface area (TPSA) is 91.4 Å². The van der Waals surface area contributed by atoms with Gasteiger partial charge in [-0.25, -0.2) is 4.99 Å². The first-order valence-corrected chi connectivity index (χ1v) is 8.98. The molecule has 2 aliphatic heterocycles. The van der Waals surface area contributed by atoms with Crippen molar-refractivity contribution in [3.05, 3.63) is 54.4 Å². The zero-order valence-electron chi connectivity index (χ0n) is 15.2. The molecule has 0 aliphatic carbocycles. The van der Waals surface area contributed by atoms with Gasteiger partial charge >= 0.3 is 0 Å². The molecule has 8 nitrogen and oxygen atoms in total. The number of ether oxygens (including phenoxy) is 1. The van der Waals surface area contributed by atoms with E-state index in [1.165, 1.54) is 5.56 Å². The van der Waals surface area contributed by atoms with Crippen LogP contribution in [0.4, 0.5) is 11.4 Å². The Hall–Kier alpha value is -3.13. The Labute approximate surface area is 158 Å². The number of nitrogens with one attached hydrogen (secondary N) is 1. The first-order chi connectivity index (χ1) is 13.2. The van der Waals surface area contributed by atoms with Gasteiger partial charge in [0.2, 0.25) is 18.2 Å². The third kappa shape index (κ3) is 3.85. The fourth-order valence-electron chi connectivity index (χ4n) is 3.12. The van der Waals surface area contributed by atoms with Crippen LogP contribution in [0, 0.1) is 6.92 Å². The standard InChI is InChI=1S/C19H23N7O/c1-14-4-6-16(7-5-14)26-18(22-15-3-2-8-21-13-15)23-17(20)24-19(26)25-9-11-27-12-10-25/h2-8,13,18,22H,9-12H2,1H3,(H2,20,23). The molecule has 0 bridgehead atoms. The SMILES string of the molecule is Cc1ccc(N2C(N3CCOCC3)=NC(N)=NC2Nc2cccnc2)cc1. The van der Waals surface area contributed by atoms with E-state index in [2.05, 4.69) is 61.3 Å². The number of hydrogen-bond donors (Lipinski definition) is 2. The molecule has 1 atom stereocenters. The zero-order valence-corrected chi connectivity index (χ0v) is 15.2. The predicted octanol–water partition coefficient (Wildman–Crippen LogP) is 1.61. The number of hydrogen-bond acceptors (Lipinski definition) is 8. The number of benzene rings is 1. The summed E-state index contributed by atoms with van der Waals surface area (Å²) < 4.78 is 5.50. The van der Waals surface area contributed by atoms with E-state index < -0.39 is 6.29 Å². The van der Waals surface area contributed by atoms with Crippen LogP contribution in [0.1, 0.15) is 5.56 Å². The van der Waals surface area contributed by atoms with Crippen molar-refractivity contribution in [3.8, 4) is 0 Å². The normalized spacial score (nSPS) is 20.1. The molecule has 0 saturated carbocycles. The highest BCUT2D eigenvalue weighted by Crippen LogP contribution is 2.24. The average molecular weight is 365 g/mol. The van der Waals surface area contributed by atoms with Crippen molar-refractivity contribution >= 4 is 23.3 Å². The molecule has 0 amide bonds. The highest BCUT2D eigenvalue weighted by molar-refractivity contribution is 6.06. The second-order valence-corrected chi connectivity index (χ2v) is 6.46. The molecule has 3 heterocycles. The summed E-state index contributed by atoms with van der Waals surface area (Å²) in [7, 11) is 0. The van der Waals surface area contributed by atoms with E-state index in [1.807, 2.05) is 12.1 Å². The Morgan fingerprint density at radius 3 is 2.63 bits per heavy atom. The summed E-state index contributed by atoms with van der Waals surface area (Å²) in [5.74, 6) is 1.03. The minimum absolute atomic E-state index is 0.251. The number of guanidine groups is 2. The van der Waals surface area contributed by atoms with Gasteiger partial charge in [0.1, 0.15) is 0 Å². The lowest BCUT2D eigenvalue weighted by molar-refractivity contribution is 0.0671. The third-order valence-electron chi connectivity index (χ3n) is 4.49. The number of pyridine rings is 1. The van der Waals surface area contributed by atoms with Crippen LogP contribution in [-0.4, -0.2) is 54.4 Å². The van der Waals surface area contributed by atoms with Crippen molar-refractivity contribution in [1.82, 2.24) is 9.88 Å². The average Bonchev–Trinajstić information content (AvgIpc) is 2.70. The van der Waals surface area contributed by atoms with Crippen molar-refractivity contribution in [3.63, 3.8) is 0 Å². The molecule has 140 valence electrons. The Morgan fingerprint density at radius 2 is 1.93 bits per heavy atom. The number of nitrogens with zero attached hydrogens (tertiary/aromatic N) is 5. The van der Waals surface area contributed by atoms with E-state index in [0.29, 0.717) is 13.2 Å². The number of aryl methyl sites for hydroxylation is 1. The lowest BCUT2D eigenvalue weighted by Gasteiger charge is -2.41. The number of rotatable bonds is 3. The number of nitrogens with two attached hydrogens (primary N) is 1. The van der Waals surface area contributed by atoms with Gasteiger partial charge in [0.15, 0.2) is 0 Å². The highest BCUT2D eigenvalue weighted by atomic mass is 16.5. The number of morpholine rings is 1. The van der Waals surface area contributed by atoms with Crippen LogP contribution in [0.15, 0.2) is 58.8 Å². The zero-order chi connectivity index (χ0) is 18.6. The first kappa shape index (κ1) is 17.3. The quantitative estimate of drug-likeness (QED) is 0.859. The molecule has 1 fully saturated rings. The molecular weight excluding hydrogens is 342 g/mol. The van der Waals surface area contributed by atoms with Crippen LogP contribution in [0.2, 0.25) is 0 Å². The van der Waals surface area contributed by atoms with Gasteiger partial charge in [0.25, 0.3) is 0 Å². The van der Waals surface area contributed by atoms with Crippen LogP contribution >= 0.6 is 0 Å². The van der Waals surface area contributed by atoms with E-state index in [4.69, 9.17) is 10.5 Å². The maximum atomic E-state index is 6.06. The van der Waals surface area contributed by atoms with Crippen LogP contribution in [-0.2, 0) is 4.74 Å². The van der Waals surface area contributed by atoms with Gasteiger partial charge in [-0.1, -0.05) is 17.7 Å². The monoisotopic (exact) mass is 365 g/mol. The Balaban J connectivity index is 1.71. The molecule has 27 heavy (non-hydrogen) atoms. The fraction of sp³-hybridized carbons (Fsp3) is 0.316. The molecule has 2 aromatic rings. The largest absolute Gasteiger partial charge is 0.378 e. The molecule has 1 unspecified atom stereocenters. The summed E-state index contributed by atoms with van der Waals surface area (Å²) in [4.78, 5) is 17.5. The van der Waals surface area contributed by atoms with Gasteiger partial charge in [-0.05, 0) is 31.2 Å². The van der Waals surface area contributed by atoms with Gasteiger partial charge in [-0.2, -0.15) is 4.99 Å². The minimum atomic E-state index is -0.424. The maximum absolute atomic E-state index is 6.06. The minimum Gasteiger partial charge on any atom is -0.378 e. The van der Waals surface area contributed by atoms with Crippen molar-refractivity contribution in [2.24, 2.45) is 15.7 Å².